The predicted octanol–water partition coefficient (Wildman–Crippen LogP) is 5.08. The van der Waals surface area contributed by atoms with Gasteiger partial charge in [0, 0.05) is 17.8 Å². The van der Waals surface area contributed by atoms with E-state index in [4.69, 9.17) is 16.3 Å². The van der Waals surface area contributed by atoms with Crippen LogP contribution in [0.1, 0.15) is 11.1 Å². The molecule has 156 valence electrons. The van der Waals surface area contributed by atoms with Crippen LogP contribution in [-0.2, 0) is 9.59 Å². The summed E-state index contributed by atoms with van der Waals surface area (Å²) in [6.45, 7) is 1.90. The summed E-state index contributed by atoms with van der Waals surface area (Å²) in [5.41, 5.74) is 3.35. The third kappa shape index (κ3) is 3.68. The monoisotopic (exact) mass is 432 g/mol. The van der Waals surface area contributed by atoms with Crippen LogP contribution < -0.4 is 14.5 Å². The fraction of sp³-hybridized carbons (Fsp3) is 0.120. The van der Waals surface area contributed by atoms with Crippen LogP contribution in [0.25, 0.3) is 5.57 Å². The molecular formula is C25H21ClN2O3. The normalized spacial score (nSPS) is 13.7. The molecule has 0 N–H and O–H groups in total. The van der Waals surface area contributed by atoms with E-state index in [1.54, 1.807) is 48.3 Å². The first-order valence-corrected chi connectivity index (χ1v) is 10.1. The van der Waals surface area contributed by atoms with Crippen molar-refractivity contribution in [2.75, 3.05) is 24.0 Å². The van der Waals surface area contributed by atoms with Crippen LogP contribution >= 0.6 is 11.6 Å². The van der Waals surface area contributed by atoms with Crippen LogP contribution in [0, 0.1) is 6.92 Å². The van der Waals surface area contributed by atoms with E-state index in [0.717, 1.165) is 11.3 Å². The Bertz CT molecular complexity index is 1190. The quantitative estimate of drug-likeness (QED) is 0.528. The molecule has 0 spiro atoms. The molecule has 0 radical (unpaired) electrons. The summed E-state index contributed by atoms with van der Waals surface area (Å²) >= 11 is 6.05. The lowest BCUT2D eigenvalue weighted by Crippen LogP contribution is -2.34. The molecule has 1 heterocycles. The Morgan fingerprint density at radius 2 is 1.58 bits per heavy atom. The highest BCUT2D eigenvalue weighted by atomic mass is 35.5. The second-order valence-corrected chi connectivity index (χ2v) is 7.68. The number of carbonyl (C=O) groups is 2. The number of rotatable bonds is 5. The zero-order chi connectivity index (χ0) is 22.1. The van der Waals surface area contributed by atoms with Gasteiger partial charge in [-0.1, -0.05) is 48.0 Å². The van der Waals surface area contributed by atoms with Crippen LogP contribution in [-0.4, -0.2) is 26.0 Å². The van der Waals surface area contributed by atoms with E-state index in [0.29, 0.717) is 33.3 Å². The Hall–Kier alpha value is -3.57. The molecule has 1 aliphatic rings. The molecule has 0 atom stereocenters. The first-order chi connectivity index (χ1) is 14.9. The summed E-state index contributed by atoms with van der Waals surface area (Å²) in [5, 5.41) is 0.552. The van der Waals surface area contributed by atoms with E-state index in [2.05, 4.69) is 0 Å². The summed E-state index contributed by atoms with van der Waals surface area (Å²) in [5.74, 6) is -0.370. The molecule has 3 aromatic rings. The highest BCUT2D eigenvalue weighted by molar-refractivity contribution is 6.46. The van der Waals surface area contributed by atoms with Crippen molar-refractivity contribution in [3.8, 4) is 5.75 Å². The fourth-order valence-corrected chi connectivity index (χ4v) is 3.81. The zero-order valence-electron chi connectivity index (χ0n) is 17.4. The molecule has 0 aromatic heterocycles. The van der Waals surface area contributed by atoms with Gasteiger partial charge < -0.3 is 9.64 Å². The third-order valence-corrected chi connectivity index (χ3v) is 5.50. The number of amides is 2. The van der Waals surface area contributed by atoms with Gasteiger partial charge in [-0.3, -0.25) is 9.59 Å². The molecule has 0 unspecified atom stereocenters. The summed E-state index contributed by atoms with van der Waals surface area (Å²) in [6.07, 6.45) is 0. The minimum Gasteiger partial charge on any atom is -0.495 e. The maximum Gasteiger partial charge on any atom is 0.282 e. The predicted molar refractivity (Wildman–Crippen MR) is 123 cm³/mol. The largest absolute Gasteiger partial charge is 0.495 e. The van der Waals surface area contributed by atoms with Crippen LogP contribution in [0.15, 0.2) is 78.5 Å². The van der Waals surface area contributed by atoms with Crippen molar-refractivity contribution in [1.82, 2.24) is 0 Å². The van der Waals surface area contributed by atoms with Gasteiger partial charge in [0.1, 0.15) is 11.4 Å². The molecule has 0 fully saturated rings. The molecule has 0 bridgehead atoms. The lowest BCUT2D eigenvalue weighted by molar-refractivity contribution is -0.120. The first kappa shape index (κ1) is 20.7. The molecule has 5 nitrogen and oxygen atoms in total. The number of hydrogen-bond donors (Lipinski definition) is 0. The molecule has 2 amide bonds. The number of methoxy groups -OCH3 is 1. The Labute approximate surface area is 186 Å². The SMILES string of the molecule is COc1ccc(C)cc1N1C(=O)C(c2ccc(Cl)cc2)=C(N(C)c2ccccc2)C1=O. The van der Waals surface area contributed by atoms with Gasteiger partial charge in [-0.15, -0.1) is 0 Å². The van der Waals surface area contributed by atoms with Gasteiger partial charge >= 0.3 is 0 Å². The summed E-state index contributed by atoms with van der Waals surface area (Å²) < 4.78 is 5.45. The van der Waals surface area contributed by atoms with E-state index in [9.17, 15) is 9.59 Å². The van der Waals surface area contributed by atoms with Gasteiger partial charge in [0.2, 0.25) is 0 Å². The zero-order valence-corrected chi connectivity index (χ0v) is 18.2. The number of benzene rings is 3. The van der Waals surface area contributed by atoms with Crippen LogP contribution in [0.4, 0.5) is 11.4 Å². The molecule has 31 heavy (non-hydrogen) atoms. The van der Waals surface area contributed by atoms with E-state index in [1.165, 1.54) is 12.0 Å². The topological polar surface area (TPSA) is 49.9 Å². The lowest BCUT2D eigenvalue weighted by Gasteiger charge is -2.22. The average molecular weight is 433 g/mol. The highest BCUT2D eigenvalue weighted by Crippen LogP contribution is 2.39. The van der Waals surface area contributed by atoms with Crippen molar-refractivity contribution < 1.29 is 14.3 Å². The van der Waals surface area contributed by atoms with Crippen LogP contribution in [0.5, 0.6) is 5.75 Å². The molecule has 6 heteroatoms. The van der Waals surface area contributed by atoms with Crippen molar-refractivity contribution in [3.63, 3.8) is 0 Å². The molecule has 0 saturated heterocycles. The fourth-order valence-electron chi connectivity index (χ4n) is 3.68. The van der Waals surface area contributed by atoms with Gasteiger partial charge in [0.05, 0.1) is 18.4 Å². The number of para-hydroxylation sites is 1. The maximum absolute atomic E-state index is 13.7. The summed E-state index contributed by atoms with van der Waals surface area (Å²) in [4.78, 5) is 30.3. The van der Waals surface area contributed by atoms with Crippen LogP contribution in [0.2, 0.25) is 5.02 Å². The van der Waals surface area contributed by atoms with Crippen molar-refractivity contribution in [2.45, 2.75) is 6.92 Å². The lowest BCUT2D eigenvalue weighted by atomic mass is 10.0. The van der Waals surface area contributed by atoms with Gasteiger partial charge in [-0.05, 0) is 54.4 Å². The number of halogens is 1. The van der Waals surface area contributed by atoms with Gasteiger partial charge in [0.15, 0.2) is 0 Å². The standard InChI is InChI=1S/C25H21ClN2O3/c1-16-9-14-21(31-3)20(15-16)28-24(29)22(17-10-12-18(26)13-11-17)23(25(28)30)27(2)19-7-5-4-6-8-19/h4-15H,1-3H3. The number of likely N-dealkylation sites (N-methyl/N-ethyl adjacent to an activating group) is 1. The smallest absolute Gasteiger partial charge is 0.282 e. The number of ether oxygens (including phenoxy) is 1. The van der Waals surface area contributed by atoms with Crippen molar-refractivity contribution in [2.24, 2.45) is 0 Å². The Balaban J connectivity index is 1.91. The Kier molecular flexibility index (Phi) is 5.53. The molecule has 0 aliphatic carbocycles. The minimum atomic E-state index is -0.412. The average Bonchev–Trinajstić information content (AvgIpc) is 3.04. The number of anilines is 2. The van der Waals surface area contributed by atoms with Gasteiger partial charge in [-0.2, -0.15) is 0 Å². The minimum absolute atomic E-state index is 0.294. The molecular weight excluding hydrogens is 412 g/mol. The highest BCUT2D eigenvalue weighted by Gasteiger charge is 2.43. The second kappa shape index (κ2) is 8.28. The van der Waals surface area contributed by atoms with Gasteiger partial charge in [-0.25, -0.2) is 4.90 Å². The molecule has 0 saturated carbocycles. The molecule has 1 aliphatic heterocycles. The Morgan fingerprint density at radius 3 is 2.23 bits per heavy atom. The number of imide groups is 1. The van der Waals surface area contributed by atoms with Gasteiger partial charge in [0.25, 0.3) is 11.8 Å². The number of aryl methyl sites for hydroxylation is 1. The van der Waals surface area contributed by atoms with Crippen molar-refractivity contribution in [3.05, 3.63) is 94.6 Å². The second-order valence-electron chi connectivity index (χ2n) is 7.25. The first-order valence-electron chi connectivity index (χ1n) is 9.74. The number of carbonyl (C=O) groups excluding carboxylic acids is 2. The van der Waals surface area contributed by atoms with Crippen molar-refractivity contribution >= 4 is 40.4 Å². The molecule has 3 aromatic carbocycles. The van der Waals surface area contributed by atoms with E-state index in [-0.39, 0.29) is 0 Å². The number of hydrogen-bond acceptors (Lipinski definition) is 4. The van der Waals surface area contributed by atoms with E-state index >= 15 is 0 Å². The van der Waals surface area contributed by atoms with Crippen molar-refractivity contribution in [1.29, 1.82) is 0 Å². The summed E-state index contributed by atoms with van der Waals surface area (Å²) in [7, 11) is 3.30. The summed E-state index contributed by atoms with van der Waals surface area (Å²) in [6, 6.07) is 21.8. The molecule has 4 rings (SSSR count). The van der Waals surface area contributed by atoms with Crippen LogP contribution in [0.3, 0.4) is 0 Å². The maximum atomic E-state index is 13.7. The van der Waals surface area contributed by atoms with E-state index in [1.807, 2.05) is 43.3 Å². The Morgan fingerprint density at radius 1 is 0.903 bits per heavy atom. The van der Waals surface area contributed by atoms with E-state index < -0.39 is 11.8 Å². The number of nitrogens with zero attached hydrogens (tertiary/aromatic N) is 2. The third-order valence-electron chi connectivity index (χ3n) is 5.25.